The fourth-order valence-electron chi connectivity index (χ4n) is 4.30. The first-order valence-corrected chi connectivity index (χ1v) is 11.0. The molecule has 37 heavy (non-hydrogen) atoms. The molecule has 0 saturated carbocycles. The molecule has 4 heterocycles. The molecule has 5 aromatic rings. The fourth-order valence-corrected chi connectivity index (χ4v) is 4.30. The molecule has 0 aliphatic rings. The van der Waals surface area contributed by atoms with Crippen LogP contribution in [0.4, 0.5) is 23.4 Å². The first kappa shape index (κ1) is 23.9. The number of para-hydroxylation sites is 1. The fraction of sp³-hybridized carbons (Fsp3) is 0.167. The van der Waals surface area contributed by atoms with Gasteiger partial charge >= 0.3 is 6.18 Å². The lowest BCUT2D eigenvalue weighted by atomic mass is 10.1. The third kappa shape index (κ3) is 4.02. The van der Waals surface area contributed by atoms with Gasteiger partial charge in [-0.3, -0.25) is 0 Å². The van der Waals surface area contributed by atoms with Crippen molar-refractivity contribution in [1.82, 2.24) is 34.3 Å². The molecule has 0 saturated heterocycles. The molecule has 1 atom stereocenters. The SMILES string of the molecule is CC[C@@H](c1cnn(-c2ccccc2F)c1)n1c(C#N)c(-c2cnc(C(F)(F)F)nc2)c2c(N)ncnc21. The largest absolute Gasteiger partial charge is 0.451 e. The van der Waals surface area contributed by atoms with Crippen LogP contribution >= 0.6 is 0 Å². The van der Waals surface area contributed by atoms with E-state index in [-0.39, 0.29) is 33.7 Å². The third-order valence-electron chi connectivity index (χ3n) is 5.90. The summed E-state index contributed by atoms with van der Waals surface area (Å²) in [6.45, 7) is 1.88. The monoisotopic (exact) mass is 507 g/mol. The third-order valence-corrected chi connectivity index (χ3v) is 5.90. The van der Waals surface area contributed by atoms with E-state index in [2.05, 4.69) is 31.1 Å². The highest BCUT2D eigenvalue weighted by Crippen LogP contribution is 2.40. The van der Waals surface area contributed by atoms with E-state index >= 15 is 0 Å². The van der Waals surface area contributed by atoms with Crippen LogP contribution in [0.1, 0.15) is 36.5 Å². The molecule has 0 aliphatic heterocycles. The molecule has 13 heteroatoms. The molecule has 4 aromatic heterocycles. The van der Waals surface area contributed by atoms with Gasteiger partial charge < -0.3 is 10.3 Å². The molecule has 0 fully saturated rings. The number of nitriles is 1. The van der Waals surface area contributed by atoms with Crippen LogP contribution < -0.4 is 5.73 Å². The van der Waals surface area contributed by atoms with Gasteiger partial charge in [0.25, 0.3) is 0 Å². The zero-order valence-electron chi connectivity index (χ0n) is 19.1. The first-order valence-electron chi connectivity index (χ1n) is 11.0. The molecule has 0 spiro atoms. The van der Waals surface area contributed by atoms with E-state index in [0.29, 0.717) is 17.6 Å². The summed E-state index contributed by atoms with van der Waals surface area (Å²) in [6.07, 6.45) is 2.15. The molecule has 9 nitrogen and oxygen atoms in total. The van der Waals surface area contributed by atoms with Crippen molar-refractivity contribution in [2.24, 2.45) is 0 Å². The van der Waals surface area contributed by atoms with Gasteiger partial charge in [-0.1, -0.05) is 19.1 Å². The standard InChI is InChI=1S/C24H17F4N9/c1-2-16(14-10-35-36(11-14)17-6-4-3-5-15(17)25)37-18(7-29)19(20-21(30)33-12-34-22(20)37)13-8-31-23(32-9-13)24(26,27)28/h3-6,8-12,16H,2H2,1H3,(H2,30,33,34)/t16-/m0/s1. The second-order valence-electron chi connectivity index (χ2n) is 8.05. The summed E-state index contributed by atoms with van der Waals surface area (Å²) in [7, 11) is 0. The number of rotatable bonds is 5. The Morgan fingerprint density at radius 1 is 1.08 bits per heavy atom. The van der Waals surface area contributed by atoms with Gasteiger partial charge in [0.2, 0.25) is 5.82 Å². The number of aromatic nitrogens is 7. The van der Waals surface area contributed by atoms with Gasteiger partial charge in [0, 0.05) is 35.3 Å². The van der Waals surface area contributed by atoms with Gasteiger partial charge in [0.15, 0.2) is 0 Å². The van der Waals surface area contributed by atoms with Gasteiger partial charge in [-0.05, 0) is 18.6 Å². The Labute approximate surface area is 206 Å². The summed E-state index contributed by atoms with van der Waals surface area (Å²) in [4.78, 5) is 15.2. The average Bonchev–Trinajstić information content (AvgIpc) is 3.49. The molecule has 0 unspecified atom stereocenters. The molecule has 2 N–H and O–H groups in total. The minimum Gasteiger partial charge on any atom is -0.383 e. The number of hydrogen-bond acceptors (Lipinski definition) is 7. The zero-order valence-corrected chi connectivity index (χ0v) is 19.1. The molecule has 0 amide bonds. The molecule has 1 aromatic carbocycles. The number of fused-ring (bicyclic) bond motifs is 1. The normalized spacial score (nSPS) is 12.5. The number of nitrogens with two attached hydrogens (primary N) is 1. The predicted octanol–water partition coefficient (Wildman–Crippen LogP) is 4.69. The zero-order chi connectivity index (χ0) is 26.3. The molecule has 5 rings (SSSR count). The molecule has 0 bridgehead atoms. The van der Waals surface area contributed by atoms with Crippen molar-refractivity contribution in [2.45, 2.75) is 25.6 Å². The van der Waals surface area contributed by atoms with E-state index in [1.165, 1.54) is 17.1 Å². The topological polar surface area (TPSA) is 124 Å². The van der Waals surface area contributed by atoms with Crippen LogP contribution in [0.15, 0.2) is 55.4 Å². The lowest BCUT2D eigenvalue weighted by Gasteiger charge is -2.18. The van der Waals surface area contributed by atoms with Crippen LogP contribution in [0, 0.1) is 17.1 Å². The maximum Gasteiger partial charge on any atom is 0.451 e. The molecule has 0 aliphatic carbocycles. The van der Waals surface area contributed by atoms with Crippen LogP contribution in [0.5, 0.6) is 0 Å². The molecule has 186 valence electrons. The van der Waals surface area contributed by atoms with Crippen molar-refractivity contribution in [3.8, 4) is 22.9 Å². The summed E-state index contributed by atoms with van der Waals surface area (Å²) in [5.74, 6) is -1.74. The van der Waals surface area contributed by atoms with Crippen molar-refractivity contribution >= 4 is 16.9 Å². The number of hydrogen-bond donors (Lipinski definition) is 1. The van der Waals surface area contributed by atoms with Crippen molar-refractivity contribution in [2.75, 3.05) is 5.73 Å². The second kappa shape index (κ2) is 8.98. The Bertz CT molecular complexity index is 1650. The van der Waals surface area contributed by atoms with E-state index in [0.717, 1.165) is 12.4 Å². The molecular weight excluding hydrogens is 490 g/mol. The van der Waals surface area contributed by atoms with Crippen molar-refractivity contribution < 1.29 is 17.6 Å². The van der Waals surface area contributed by atoms with Crippen molar-refractivity contribution in [3.05, 3.63) is 78.3 Å². The first-order chi connectivity index (χ1) is 17.7. The Morgan fingerprint density at radius 3 is 2.46 bits per heavy atom. The van der Waals surface area contributed by atoms with E-state index in [1.54, 1.807) is 35.2 Å². The lowest BCUT2D eigenvalue weighted by Crippen LogP contribution is -2.12. The van der Waals surface area contributed by atoms with Crippen LogP contribution in [0.25, 0.3) is 27.8 Å². The maximum atomic E-state index is 14.3. The Hall–Kier alpha value is -4.86. The second-order valence-corrected chi connectivity index (χ2v) is 8.05. The summed E-state index contributed by atoms with van der Waals surface area (Å²) in [5, 5.41) is 14.8. The highest BCUT2D eigenvalue weighted by atomic mass is 19.4. The number of alkyl halides is 3. The number of nitrogens with zero attached hydrogens (tertiary/aromatic N) is 8. The van der Waals surface area contributed by atoms with Crippen molar-refractivity contribution in [3.63, 3.8) is 0 Å². The lowest BCUT2D eigenvalue weighted by molar-refractivity contribution is -0.144. The van der Waals surface area contributed by atoms with Gasteiger partial charge in [0.1, 0.15) is 41.1 Å². The number of anilines is 1. The summed E-state index contributed by atoms with van der Waals surface area (Å²) < 4.78 is 56.4. The highest BCUT2D eigenvalue weighted by molar-refractivity contribution is 6.03. The van der Waals surface area contributed by atoms with Crippen LogP contribution in [0.3, 0.4) is 0 Å². The van der Waals surface area contributed by atoms with E-state index in [9.17, 15) is 22.8 Å². The predicted molar refractivity (Wildman–Crippen MR) is 125 cm³/mol. The average molecular weight is 507 g/mol. The van der Waals surface area contributed by atoms with E-state index < -0.39 is 23.9 Å². The quantitative estimate of drug-likeness (QED) is 0.342. The summed E-state index contributed by atoms with van der Waals surface area (Å²) >= 11 is 0. The van der Waals surface area contributed by atoms with Gasteiger partial charge in [-0.15, -0.1) is 0 Å². The minimum absolute atomic E-state index is 0.0343. The van der Waals surface area contributed by atoms with Crippen LogP contribution in [0.2, 0.25) is 0 Å². The minimum atomic E-state index is -4.72. The smallest absolute Gasteiger partial charge is 0.383 e. The summed E-state index contributed by atoms with van der Waals surface area (Å²) in [6, 6.07) is 7.78. The van der Waals surface area contributed by atoms with Gasteiger partial charge in [0.05, 0.1) is 17.6 Å². The molecular formula is C24H17F4N9. The molecule has 0 radical (unpaired) electrons. The Morgan fingerprint density at radius 2 is 1.81 bits per heavy atom. The highest BCUT2D eigenvalue weighted by Gasteiger charge is 2.35. The number of halogens is 4. The van der Waals surface area contributed by atoms with Crippen LogP contribution in [-0.4, -0.2) is 34.3 Å². The Kier molecular flexibility index (Phi) is 5.79. The van der Waals surface area contributed by atoms with E-state index in [4.69, 9.17) is 5.73 Å². The van der Waals surface area contributed by atoms with Gasteiger partial charge in [-0.25, -0.2) is 29.0 Å². The number of nitrogen functional groups attached to an aromatic ring is 1. The van der Waals surface area contributed by atoms with Crippen LogP contribution in [-0.2, 0) is 6.18 Å². The Balaban J connectivity index is 1.71. The number of benzene rings is 1. The van der Waals surface area contributed by atoms with Gasteiger partial charge in [-0.2, -0.15) is 23.5 Å². The van der Waals surface area contributed by atoms with E-state index in [1.807, 2.05) is 6.92 Å². The maximum absolute atomic E-state index is 14.3. The summed E-state index contributed by atoms with van der Waals surface area (Å²) in [5.41, 5.74) is 7.78. The van der Waals surface area contributed by atoms with Crippen molar-refractivity contribution in [1.29, 1.82) is 5.26 Å².